The van der Waals surface area contributed by atoms with Crippen LogP contribution in [-0.2, 0) is 9.47 Å². The zero-order valence-corrected chi connectivity index (χ0v) is 12.4. The van der Waals surface area contributed by atoms with Crippen LogP contribution in [0.15, 0.2) is 24.3 Å². The highest BCUT2D eigenvalue weighted by Crippen LogP contribution is 1.96. The highest BCUT2D eigenvalue weighted by Gasteiger charge is 2.02. The van der Waals surface area contributed by atoms with Gasteiger partial charge in [-0.05, 0) is 26.2 Å². The molecule has 0 aliphatic carbocycles. The second kappa shape index (κ2) is 13.1. The van der Waals surface area contributed by atoms with E-state index in [4.69, 9.17) is 9.47 Å². The van der Waals surface area contributed by atoms with Crippen LogP contribution in [0.5, 0.6) is 0 Å². The molecule has 0 aliphatic rings. The van der Waals surface area contributed by atoms with E-state index in [1.807, 2.05) is 13.0 Å². The van der Waals surface area contributed by atoms with Crippen LogP contribution >= 0.6 is 0 Å². The molecule has 1 unspecified atom stereocenters. The van der Waals surface area contributed by atoms with Crippen LogP contribution < -0.4 is 5.32 Å². The Bertz CT molecular complexity index is 275. The van der Waals surface area contributed by atoms with Crippen LogP contribution in [0.4, 0.5) is 4.79 Å². The fourth-order valence-electron chi connectivity index (χ4n) is 1.31. The summed E-state index contributed by atoms with van der Waals surface area (Å²) in [6.07, 6.45) is 11.9. The van der Waals surface area contributed by atoms with Crippen molar-refractivity contribution in [2.45, 2.75) is 45.6 Å². The summed E-state index contributed by atoms with van der Waals surface area (Å²) in [6.45, 7) is 4.95. The van der Waals surface area contributed by atoms with Crippen LogP contribution in [0.25, 0.3) is 0 Å². The molecular formula is C15H27NO3. The van der Waals surface area contributed by atoms with E-state index < -0.39 is 0 Å². The number of carbonyl (C=O) groups is 1. The van der Waals surface area contributed by atoms with Crippen LogP contribution in [0, 0.1) is 0 Å². The van der Waals surface area contributed by atoms with Crippen molar-refractivity contribution in [3.63, 3.8) is 0 Å². The van der Waals surface area contributed by atoms with Gasteiger partial charge in [-0.2, -0.15) is 0 Å². The summed E-state index contributed by atoms with van der Waals surface area (Å²) in [4.78, 5) is 11.3. The van der Waals surface area contributed by atoms with Crippen molar-refractivity contribution >= 4 is 6.09 Å². The molecular weight excluding hydrogens is 242 g/mol. The molecule has 0 saturated carbocycles. The third-order valence-electron chi connectivity index (χ3n) is 2.59. The minimum Gasteiger partial charge on any atom is -0.449 e. The lowest BCUT2D eigenvalue weighted by Crippen LogP contribution is -2.25. The number of methoxy groups -OCH3 is 1. The predicted molar refractivity (Wildman–Crippen MR) is 78.2 cm³/mol. The van der Waals surface area contributed by atoms with Gasteiger partial charge < -0.3 is 14.8 Å². The van der Waals surface area contributed by atoms with E-state index in [-0.39, 0.29) is 12.2 Å². The number of rotatable bonds is 10. The number of amides is 1. The van der Waals surface area contributed by atoms with Gasteiger partial charge in [0.15, 0.2) is 0 Å². The van der Waals surface area contributed by atoms with E-state index in [1.165, 1.54) is 0 Å². The average molecular weight is 269 g/mol. The zero-order valence-electron chi connectivity index (χ0n) is 12.4. The molecule has 110 valence electrons. The molecule has 1 atom stereocenters. The molecule has 0 aromatic carbocycles. The van der Waals surface area contributed by atoms with Gasteiger partial charge in [0, 0.05) is 20.1 Å². The second-order valence-corrected chi connectivity index (χ2v) is 4.28. The summed E-state index contributed by atoms with van der Waals surface area (Å²) in [5.41, 5.74) is 0. The third-order valence-corrected chi connectivity index (χ3v) is 2.59. The molecule has 0 heterocycles. The molecule has 0 fully saturated rings. The Morgan fingerprint density at radius 2 is 1.89 bits per heavy atom. The molecule has 1 amide bonds. The molecule has 0 aromatic heterocycles. The Balaban J connectivity index is 3.42. The van der Waals surface area contributed by atoms with Crippen molar-refractivity contribution in [3.8, 4) is 0 Å². The van der Waals surface area contributed by atoms with Gasteiger partial charge in [-0.3, -0.25) is 0 Å². The largest absolute Gasteiger partial charge is 0.449 e. The van der Waals surface area contributed by atoms with E-state index in [0.717, 1.165) is 19.3 Å². The minimum atomic E-state index is -0.376. The Morgan fingerprint density at radius 1 is 1.21 bits per heavy atom. The number of carbonyl (C=O) groups excluding carboxylic acids is 1. The van der Waals surface area contributed by atoms with Crippen molar-refractivity contribution in [2.24, 2.45) is 0 Å². The second-order valence-electron chi connectivity index (χ2n) is 4.28. The summed E-state index contributed by atoms with van der Waals surface area (Å²) in [6, 6.07) is 0. The lowest BCUT2D eigenvalue weighted by molar-refractivity contribution is 0.0801. The number of ether oxygens (including phenoxy) is 2. The average Bonchev–Trinajstić information content (AvgIpc) is 2.41. The highest BCUT2D eigenvalue weighted by atomic mass is 16.5. The maximum atomic E-state index is 11.3. The van der Waals surface area contributed by atoms with Crippen LogP contribution in [0.2, 0.25) is 0 Å². The van der Waals surface area contributed by atoms with Gasteiger partial charge in [-0.1, -0.05) is 31.2 Å². The molecule has 1 N–H and O–H groups in total. The van der Waals surface area contributed by atoms with Crippen molar-refractivity contribution < 1.29 is 14.3 Å². The first-order valence-electron chi connectivity index (χ1n) is 6.94. The maximum absolute atomic E-state index is 11.3. The van der Waals surface area contributed by atoms with E-state index in [0.29, 0.717) is 19.6 Å². The quantitative estimate of drug-likeness (QED) is 0.488. The van der Waals surface area contributed by atoms with Gasteiger partial charge in [0.1, 0.15) is 0 Å². The van der Waals surface area contributed by atoms with E-state index >= 15 is 0 Å². The van der Waals surface area contributed by atoms with Gasteiger partial charge in [-0.15, -0.1) is 0 Å². The number of allylic oxidation sites excluding steroid dienone is 3. The lowest BCUT2D eigenvalue weighted by Gasteiger charge is -2.09. The molecule has 4 heteroatoms. The van der Waals surface area contributed by atoms with Gasteiger partial charge in [0.2, 0.25) is 0 Å². The Morgan fingerprint density at radius 3 is 2.53 bits per heavy atom. The SMILES string of the molecule is CCC=CCCC=CCNC(=O)OCCC(C)OC. The molecule has 19 heavy (non-hydrogen) atoms. The van der Waals surface area contributed by atoms with E-state index in [1.54, 1.807) is 7.11 Å². The summed E-state index contributed by atoms with van der Waals surface area (Å²) < 4.78 is 10.1. The maximum Gasteiger partial charge on any atom is 0.407 e. The van der Waals surface area contributed by atoms with Crippen molar-refractivity contribution in [1.82, 2.24) is 5.32 Å². The zero-order chi connectivity index (χ0) is 14.3. The Kier molecular flexibility index (Phi) is 12.3. The highest BCUT2D eigenvalue weighted by molar-refractivity contribution is 5.67. The van der Waals surface area contributed by atoms with Gasteiger partial charge >= 0.3 is 6.09 Å². The van der Waals surface area contributed by atoms with Gasteiger partial charge in [0.05, 0.1) is 12.7 Å². The van der Waals surface area contributed by atoms with Crippen LogP contribution in [0.3, 0.4) is 0 Å². The number of hydrogen-bond donors (Lipinski definition) is 1. The normalized spacial score (nSPS) is 13.0. The number of unbranched alkanes of at least 4 members (excludes halogenated alkanes) is 1. The molecule has 0 rings (SSSR count). The predicted octanol–water partition coefficient (Wildman–Crippen LogP) is 3.44. The topological polar surface area (TPSA) is 47.6 Å². The summed E-state index contributed by atoms with van der Waals surface area (Å²) in [5, 5.41) is 2.67. The molecule has 4 nitrogen and oxygen atoms in total. The van der Waals surface area contributed by atoms with E-state index in [9.17, 15) is 4.79 Å². The minimum absolute atomic E-state index is 0.115. The molecule has 0 saturated heterocycles. The summed E-state index contributed by atoms with van der Waals surface area (Å²) >= 11 is 0. The van der Waals surface area contributed by atoms with Gasteiger partial charge in [0.25, 0.3) is 0 Å². The van der Waals surface area contributed by atoms with Crippen molar-refractivity contribution in [3.05, 3.63) is 24.3 Å². The summed E-state index contributed by atoms with van der Waals surface area (Å²) in [5.74, 6) is 0. The number of nitrogens with one attached hydrogen (secondary N) is 1. The Labute approximate surface area is 116 Å². The van der Waals surface area contributed by atoms with Crippen molar-refractivity contribution in [2.75, 3.05) is 20.3 Å². The number of hydrogen-bond acceptors (Lipinski definition) is 3. The molecule has 0 spiro atoms. The molecule has 0 aromatic rings. The lowest BCUT2D eigenvalue weighted by atomic mass is 10.2. The summed E-state index contributed by atoms with van der Waals surface area (Å²) in [7, 11) is 1.64. The standard InChI is InChI=1S/C15H27NO3/c1-4-5-6-7-8-9-10-12-16-15(17)19-13-11-14(2)18-3/h5-6,9-10,14H,4,7-8,11-13H2,1-3H3,(H,16,17). The molecule has 0 radical (unpaired) electrons. The van der Waals surface area contributed by atoms with E-state index in [2.05, 4.69) is 30.5 Å². The fourth-order valence-corrected chi connectivity index (χ4v) is 1.31. The first-order valence-corrected chi connectivity index (χ1v) is 6.94. The monoisotopic (exact) mass is 269 g/mol. The smallest absolute Gasteiger partial charge is 0.407 e. The van der Waals surface area contributed by atoms with Crippen molar-refractivity contribution in [1.29, 1.82) is 0 Å². The molecule has 0 bridgehead atoms. The fraction of sp³-hybridized carbons (Fsp3) is 0.667. The van der Waals surface area contributed by atoms with Crippen LogP contribution in [0.1, 0.15) is 39.5 Å². The first-order chi connectivity index (χ1) is 9.20. The third kappa shape index (κ3) is 12.9. The Hall–Kier alpha value is -1.29. The number of alkyl carbamates (subject to hydrolysis) is 1. The first kappa shape index (κ1) is 17.7. The van der Waals surface area contributed by atoms with Crippen LogP contribution in [-0.4, -0.2) is 32.5 Å². The molecule has 0 aliphatic heterocycles. The van der Waals surface area contributed by atoms with Gasteiger partial charge in [-0.25, -0.2) is 4.79 Å².